The number of aromatic nitrogens is 1. The summed E-state index contributed by atoms with van der Waals surface area (Å²) in [4.78, 5) is 4.46. The maximum absolute atomic E-state index is 5.63. The van der Waals surface area contributed by atoms with E-state index in [-0.39, 0.29) is 0 Å². The Bertz CT molecular complexity index is 503. The topological polar surface area (TPSA) is 61.3 Å². The molecule has 4 heteroatoms. The zero-order valence-electron chi connectivity index (χ0n) is 10.8. The summed E-state index contributed by atoms with van der Waals surface area (Å²) in [6.07, 6.45) is 1.45. The molecule has 1 heterocycles. The molecule has 0 fully saturated rings. The van der Waals surface area contributed by atoms with Gasteiger partial charge in [0.1, 0.15) is 11.5 Å². The number of aryl methyl sites for hydroxylation is 1. The van der Waals surface area contributed by atoms with E-state index in [1.807, 2.05) is 31.2 Å². The molecule has 0 spiro atoms. The number of hydrogen-bond donors (Lipinski definition) is 1. The average Bonchev–Trinajstić information content (AvgIpc) is 2.71. The first kappa shape index (κ1) is 12.6. The van der Waals surface area contributed by atoms with Crippen LogP contribution in [-0.4, -0.2) is 18.6 Å². The molecule has 1 aromatic carbocycles. The number of benzene rings is 1. The first-order valence-electron chi connectivity index (χ1n) is 6.01. The molecular formula is C14H18N2O2. The molecule has 0 radical (unpaired) electrons. The number of hydrogen-bond acceptors (Lipinski definition) is 4. The van der Waals surface area contributed by atoms with E-state index in [9.17, 15) is 0 Å². The molecule has 2 aromatic rings. The van der Waals surface area contributed by atoms with E-state index in [0.717, 1.165) is 35.1 Å². The van der Waals surface area contributed by atoms with Crippen molar-refractivity contribution in [3.05, 3.63) is 47.2 Å². The van der Waals surface area contributed by atoms with E-state index in [1.165, 1.54) is 0 Å². The van der Waals surface area contributed by atoms with Crippen LogP contribution in [0.1, 0.15) is 22.9 Å². The van der Waals surface area contributed by atoms with Crippen LogP contribution in [0.25, 0.3) is 0 Å². The van der Waals surface area contributed by atoms with Crippen LogP contribution in [0.15, 0.2) is 28.7 Å². The van der Waals surface area contributed by atoms with Crippen molar-refractivity contribution in [2.45, 2.75) is 19.8 Å². The Balaban J connectivity index is 2.10. The van der Waals surface area contributed by atoms with E-state index in [1.54, 1.807) is 7.11 Å². The number of nitrogens with two attached hydrogens (primary N) is 1. The van der Waals surface area contributed by atoms with Gasteiger partial charge in [-0.3, -0.25) is 0 Å². The normalized spacial score (nSPS) is 10.6. The average molecular weight is 246 g/mol. The van der Waals surface area contributed by atoms with Gasteiger partial charge in [-0.1, -0.05) is 12.1 Å². The molecule has 0 aliphatic carbocycles. The molecule has 0 saturated carbocycles. The van der Waals surface area contributed by atoms with Crippen LogP contribution in [0.3, 0.4) is 0 Å². The molecule has 0 amide bonds. The minimum Gasteiger partial charge on any atom is -0.497 e. The summed E-state index contributed by atoms with van der Waals surface area (Å²) >= 11 is 0. The summed E-state index contributed by atoms with van der Waals surface area (Å²) in [6, 6.07) is 7.90. The lowest BCUT2D eigenvalue weighted by Gasteiger charge is -2.00. The van der Waals surface area contributed by atoms with Gasteiger partial charge in [0, 0.05) is 12.8 Å². The van der Waals surface area contributed by atoms with Crippen LogP contribution in [0, 0.1) is 6.92 Å². The van der Waals surface area contributed by atoms with Crippen molar-refractivity contribution in [2.24, 2.45) is 5.73 Å². The maximum atomic E-state index is 5.63. The Morgan fingerprint density at radius 1 is 1.28 bits per heavy atom. The van der Waals surface area contributed by atoms with Gasteiger partial charge in [0.25, 0.3) is 0 Å². The molecule has 0 unspecified atom stereocenters. The van der Waals surface area contributed by atoms with E-state index >= 15 is 0 Å². The molecule has 2 N–H and O–H groups in total. The Morgan fingerprint density at radius 3 is 2.61 bits per heavy atom. The maximum Gasteiger partial charge on any atom is 0.199 e. The van der Waals surface area contributed by atoms with Gasteiger partial charge >= 0.3 is 0 Å². The molecule has 1 aromatic heterocycles. The minimum atomic E-state index is 0.593. The number of nitrogens with zero attached hydrogens (tertiary/aromatic N) is 1. The number of oxazole rings is 1. The second-order valence-electron chi connectivity index (χ2n) is 4.17. The van der Waals surface area contributed by atoms with Crippen molar-refractivity contribution >= 4 is 0 Å². The molecule has 2 rings (SSSR count). The predicted octanol–water partition coefficient (Wildman–Crippen LogP) is 2.08. The van der Waals surface area contributed by atoms with E-state index in [0.29, 0.717) is 13.0 Å². The quantitative estimate of drug-likeness (QED) is 0.877. The summed E-state index contributed by atoms with van der Waals surface area (Å²) < 4.78 is 10.8. The van der Waals surface area contributed by atoms with E-state index in [4.69, 9.17) is 14.9 Å². The van der Waals surface area contributed by atoms with Gasteiger partial charge in [-0.15, -0.1) is 0 Å². The molecule has 18 heavy (non-hydrogen) atoms. The summed E-state index contributed by atoms with van der Waals surface area (Å²) in [7, 11) is 1.66. The number of methoxy groups -OCH3 is 1. The Labute approximate surface area is 107 Å². The second kappa shape index (κ2) is 5.69. The highest BCUT2D eigenvalue weighted by Crippen LogP contribution is 2.16. The van der Waals surface area contributed by atoms with Gasteiger partial charge in [-0.05, 0) is 31.2 Å². The van der Waals surface area contributed by atoms with Gasteiger partial charge in [0.15, 0.2) is 5.89 Å². The third kappa shape index (κ3) is 2.90. The SMILES string of the molecule is COc1ccc(Cc2nc(CCN)c(C)o2)cc1. The lowest BCUT2D eigenvalue weighted by molar-refractivity contribution is 0.414. The Hall–Kier alpha value is -1.81. The summed E-state index contributed by atoms with van der Waals surface area (Å²) in [5.74, 6) is 2.45. The molecule has 0 atom stereocenters. The van der Waals surface area contributed by atoms with Gasteiger partial charge in [-0.2, -0.15) is 0 Å². The lowest BCUT2D eigenvalue weighted by atomic mass is 10.1. The second-order valence-corrected chi connectivity index (χ2v) is 4.17. The van der Waals surface area contributed by atoms with Crippen LogP contribution in [0.5, 0.6) is 5.75 Å². The molecule has 4 nitrogen and oxygen atoms in total. The van der Waals surface area contributed by atoms with Crippen molar-refractivity contribution in [1.82, 2.24) is 4.98 Å². The Morgan fingerprint density at radius 2 is 2.00 bits per heavy atom. The van der Waals surface area contributed by atoms with Gasteiger partial charge in [0.05, 0.1) is 12.8 Å². The van der Waals surface area contributed by atoms with Gasteiger partial charge in [-0.25, -0.2) is 4.98 Å². The minimum absolute atomic E-state index is 0.593. The summed E-state index contributed by atoms with van der Waals surface area (Å²) in [5.41, 5.74) is 7.64. The smallest absolute Gasteiger partial charge is 0.199 e. The monoisotopic (exact) mass is 246 g/mol. The fourth-order valence-electron chi connectivity index (χ4n) is 1.85. The lowest BCUT2D eigenvalue weighted by Crippen LogP contribution is -2.04. The molecule has 96 valence electrons. The largest absolute Gasteiger partial charge is 0.497 e. The van der Waals surface area contributed by atoms with Gasteiger partial charge in [0.2, 0.25) is 0 Å². The third-order valence-corrected chi connectivity index (χ3v) is 2.83. The Kier molecular flexibility index (Phi) is 3.99. The van der Waals surface area contributed by atoms with E-state index < -0.39 is 0 Å². The fourth-order valence-corrected chi connectivity index (χ4v) is 1.85. The van der Waals surface area contributed by atoms with Crippen LogP contribution < -0.4 is 10.5 Å². The number of rotatable bonds is 5. The van der Waals surface area contributed by atoms with Crippen LogP contribution in [0.4, 0.5) is 0 Å². The fraction of sp³-hybridized carbons (Fsp3) is 0.357. The van der Waals surface area contributed by atoms with Crippen molar-refractivity contribution in [2.75, 3.05) is 13.7 Å². The molecule has 0 aliphatic rings. The van der Waals surface area contributed by atoms with Crippen molar-refractivity contribution in [1.29, 1.82) is 0 Å². The molecule has 0 bridgehead atoms. The predicted molar refractivity (Wildman–Crippen MR) is 69.8 cm³/mol. The number of ether oxygens (including phenoxy) is 1. The molecule has 0 aliphatic heterocycles. The molecule has 0 saturated heterocycles. The van der Waals surface area contributed by atoms with Crippen molar-refractivity contribution in [3.8, 4) is 5.75 Å². The summed E-state index contributed by atoms with van der Waals surface area (Å²) in [5, 5.41) is 0. The standard InChI is InChI=1S/C14H18N2O2/c1-10-13(7-8-15)16-14(18-10)9-11-3-5-12(17-2)6-4-11/h3-6H,7-9,15H2,1-2H3. The van der Waals surface area contributed by atoms with Crippen LogP contribution in [0.2, 0.25) is 0 Å². The van der Waals surface area contributed by atoms with Crippen LogP contribution >= 0.6 is 0 Å². The zero-order valence-corrected chi connectivity index (χ0v) is 10.8. The van der Waals surface area contributed by atoms with Crippen LogP contribution in [-0.2, 0) is 12.8 Å². The third-order valence-electron chi connectivity index (χ3n) is 2.83. The molecular weight excluding hydrogens is 228 g/mol. The van der Waals surface area contributed by atoms with Gasteiger partial charge < -0.3 is 14.9 Å². The summed E-state index contributed by atoms with van der Waals surface area (Å²) in [6.45, 7) is 2.52. The highest BCUT2D eigenvalue weighted by Gasteiger charge is 2.09. The highest BCUT2D eigenvalue weighted by molar-refractivity contribution is 5.28. The highest BCUT2D eigenvalue weighted by atomic mass is 16.5. The van der Waals surface area contributed by atoms with Crippen molar-refractivity contribution < 1.29 is 9.15 Å². The zero-order chi connectivity index (χ0) is 13.0. The first-order valence-corrected chi connectivity index (χ1v) is 6.01. The first-order chi connectivity index (χ1) is 8.72. The van der Waals surface area contributed by atoms with E-state index in [2.05, 4.69) is 4.98 Å². The van der Waals surface area contributed by atoms with Crippen molar-refractivity contribution in [3.63, 3.8) is 0 Å².